The molecule has 15 heteroatoms. The number of β-amino-alcohol motifs (C(OH)–C–C–N with tert-alkyl or cyclic N) is 1. The number of hydrogen-bond donors (Lipinski definition) is 7. The molecule has 0 saturated carbocycles. The largest absolute Gasteiger partial charge is 0.478 e. The number of ether oxygens (including phenoxy) is 5. The Hall–Kier alpha value is -3.12. The molecule has 0 aliphatic carbocycles. The van der Waals surface area contributed by atoms with E-state index in [0.717, 1.165) is 13.4 Å². The van der Waals surface area contributed by atoms with Gasteiger partial charge in [0.25, 0.3) is 0 Å². The van der Waals surface area contributed by atoms with Crippen molar-refractivity contribution in [2.24, 2.45) is 5.92 Å². The quantitative estimate of drug-likeness (QED) is 0.0737. The molecule has 3 rings (SSSR count). The van der Waals surface area contributed by atoms with Crippen LogP contribution >= 0.6 is 0 Å². The van der Waals surface area contributed by atoms with Gasteiger partial charge in [0.05, 0.1) is 37.9 Å². The lowest BCUT2D eigenvalue weighted by Gasteiger charge is -2.48. The number of aliphatic hydroxyl groups excluding tert-OH is 3. The van der Waals surface area contributed by atoms with Crippen LogP contribution in [0, 0.1) is 5.92 Å². The van der Waals surface area contributed by atoms with Crippen LogP contribution in [0.4, 0.5) is 0 Å². The highest BCUT2D eigenvalue weighted by Crippen LogP contribution is 2.41. The summed E-state index contributed by atoms with van der Waals surface area (Å²) in [7, 11) is 1.09. The minimum Gasteiger partial charge on any atom is -0.478 e. The van der Waals surface area contributed by atoms with Gasteiger partial charge in [-0.05, 0) is 31.6 Å². The highest BCUT2D eigenvalue weighted by molar-refractivity contribution is 5.92. The predicted molar refractivity (Wildman–Crippen MR) is 145 cm³/mol. The molecule has 0 aromatic heterocycles. The molecule has 0 aromatic rings. The smallest absolute Gasteiger partial charge is 0.340 e. The Morgan fingerprint density at radius 1 is 1.23 bits per heavy atom. The van der Waals surface area contributed by atoms with Crippen molar-refractivity contribution in [3.8, 4) is 0 Å². The number of carboxylic acids is 1. The van der Waals surface area contributed by atoms with Crippen LogP contribution in [0.25, 0.3) is 0 Å². The van der Waals surface area contributed by atoms with Crippen molar-refractivity contribution in [1.29, 1.82) is 0 Å². The lowest BCUT2D eigenvalue weighted by atomic mass is 9.78. The van der Waals surface area contributed by atoms with Crippen molar-refractivity contribution in [3.05, 3.63) is 60.1 Å². The average Bonchev–Trinajstić information content (AvgIpc) is 2.95. The second-order valence-corrected chi connectivity index (χ2v) is 10.4. The van der Waals surface area contributed by atoms with Gasteiger partial charge in [0.15, 0.2) is 12.4 Å². The number of carbonyl (C=O) groups excluding carboxylic acids is 1. The van der Waals surface area contributed by atoms with Crippen LogP contribution in [0.2, 0.25) is 0 Å². The molecule has 0 aromatic carbocycles. The number of nitrogens with zero attached hydrogens (tertiary/aromatic N) is 1. The first-order valence-corrected chi connectivity index (χ1v) is 13.4. The highest BCUT2D eigenvalue weighted by atomic mass is 16.8. The third-order valence-corrected chi connectivity index (χ3v) is 7.08. The SMILES string of the molecule is C=C[C@H]1[C@H](O[C@@H]2O[C@H](CO)[C@@H](O)C(O)(O)[C@H]2OC(C)C)OC=C(C(=O)OC)[C@@]1(O)/C=C/C1=CC(C(=O)O)=CN(CCO)C1. The number of esters is 1. The van der Waals surface area contributed by atoms with Gasteiger partial charge in [-0.15, -0.1) is 6.58 Å². The third kappa shape index (κ3) is 7.34. The second-order valence-electron chi connectivity index (χ2n) is 10.4. The molecule has 0 amide bonds. The summed E-state index contributed by atoms with van der Waals surface area (Å²) in [6, 6.07) is 0. The summed E-state index contributed by atoms with van der Waals surface area (Å²) in [6.45, 7) is 6.15. The van der Waals surface area contributed by atoms with Crippen molar-refractivity contribution < 1.29 is 69.0 Å². The average molecular weight is 614 g/mol. The van der Waals surface area contributed by atoms with Gasteiger partial charge in [0, 0.05) is 19.3 Å². The first-order chi connectivity index (χ1) is 20.2. The summed E-state index contributed by atoms with van der Waals surface area (Å²) in [5, 5.41) is 72.3. The van der Waals surface area contributed by atoms with Crippen LogP contribution in [-0.2, 0) is 33.3 Å². The van der Waals surface area contributed by atoms with Gasteiger partial charge >= 0.3 is 11.9 Å². The third-order valence-electron chi connectivity index (χ3n) is 7.08. The molecule has 7 N–H and O–H groups in total. The van der Waals surface area contributed by atoms with Crippen molar-refractivity contribution in [1.82, 2.24) is 4.90 Å². The second kappa shape index (κ2) is 14.1. The Morgan fingerprint density at radius 3 is 2.49 bits per heavy atom. The van der Waals surface area contributed by atoms with Crippen LogP contribution in [0.3, 0.4) is 0 Å². The topological polar surface area (TPSA) is 225 Å². The van der Waals surface area contributed by atoms with Gasteiger partial charge in [-0.3, -0.25) is 0 Å². The molecule has 240 valence electrons. The standard InChI is InChI=1S/C28H39NO14/c1-5-18-25(43-26-22(41-15(2)3)28(37,38)21(32)20(13-31)42-26)40-14-19(24(35)39-4)27(18,36)7-6-16-10-17(23(33)34)12-29(11-16)8-9-30/h5-7,10,12,14-15,18,20-22,25-26,30-32,36-38H,1,8-9,11,13H2,2-4H3,(H,33,34)/b7-6+/t18-,20+,21+,22-,25-,26-,27+/m0/s1. The molecule has 1 fully saturated rings. The number of rotatable bonds is 12. The molecular weight excluding hydrogens is 574 g/mol. The summed E-state index contributed by atoms with van der Waals surface area (Å²) in [5.41, 5.74) is -2.27. The van der Waals surface area contributed by atoms with E-state index in [9.17, 15) is 45.3 Å². The predicted octanol–water partition coefficient (Wildman–Crippen LogP) is -1.74. The minimum atomic E-state index is -2.94. The van der Waals surface area contributed by atoms with Crippen LogP contribution in [0.1, 0.15) is 13.8 Å². The molecule has 0 bridgehead atoms. The fraction of sp³-hybridized carbons (Fsp3) is 0.571. The van der Waals surface area contributed by atoms with Crippen molar-refractivity contribution in [2.45, 2.75) is 62.2 Å². The van der Waals surface area contributed by atoms with E-state index >= 15 is 0 Å². The highest BCUT2D eigenvalue weighted by Gasteiger charge is 2.58. The van der Waals surface area contributed by atoms with Crippen LogP contribution in [-0.4, -0.2) is 134 Å². The van der Waals surface area contributed by atoms with E-state index in [4.69, 9.17) is 23.7 Å². The lowest BCUT2D eigenvalue weighted by Crippen LogP contribution is -2.69. The van der Waals surface area contributed by atoms with Gasteiger partial charge in [-0.1, -0.05) is 12.2 Å². The van der Waals surface area contributed by atoms with E-state index in [1.165, 1.54) is 30.5 Å². The molecule has 3 aliphatic rings. The van der Waals surface area contributed by atoms with E-state index in [-0.39, 0.29) is 30.8 Å². The fourth-order valence-corrected chi connectivity index (χ4v) is 4.91. The van der Waals surface area contributed by atoms with Crippen molar-refractivity contribution >= 4 is 11.9 Å². The molecule has 0 radical (unpaired) electrons. The zero-order chi connectivity index (χ0) is 32.1. The molecular formula is C28H39NO14. The first kappa shape index (κ1) is 34.4. The van der Waals surface area contributed by atoms with E-state index in [2.05, 4.69) is 6.58 Å². The Morgan fingerprint density at radius 2 is 1.93 bits per heavy atom. The molecule has 0 unspecified atom stereocenters. The van der Waals surface area contributed by atoms with E-state index in [0.29, 0.717) is 5.57 Å². The number of aliphatic hydroxyl groups is 6. The van der Waals surface area contributed by atoms with E-state index < -0.39 is 72.8 Å². The summed E-state index contributed by atoms with van der Waals surface area (Å²) < 4.78 is 27.5. The van der Waals surface area contributed by atoms with Gasteiger partial charge in [-0.25, -0.2) is 9.59 Å². The van der Waals surface area contributed by atoms with Gasteiger partial charge in [0.2, 0.25) is 12.1 Å². The normalized spacial score (nSPS) is 32.5. The maximum Gasteiger partial charge on any atom is 0.340 e. The van der Waals surface area contributed by atoms with Crippen molar-refractivity contribution in [2.75, 3.05) is 33.4 Å². The summed E-state index contributed by atoms with van der Waals surface area (Å²) in [6.07, 6.45) is -1.58. The van der Waals surface area contributed by atoms with Crippen LogP contribution < -0.4 is 0 Å². The Labute approximate surface area is 247 Å². The van der Waals surface area contributed by atoms with Crippen LogP contribution in [0.5, 0.6) is 0 Å². The first-order valence-electron chi connectivity index (χ1n) is 13.4. The number of methoxy groups -OCH3 is 1. The number of carboxylic acid groups (broad SMARTS) is 1. The minimum absolute atomic E-state index is 0.0775. The van der Waals surface area contributed by atoms with E-state index in [1.54, 1.807) is 18.7 Å². The number of carbonyl (C=O) groups is 2. The van der Waals surface area contributed by atoms with Crippen molar-refractivity contribution in [3.63, 3.8) is 0 Å². The monoisotopic (exact) mass is 613 g/mol. The maximum atomic E-state index is 12.7. The van der Waals surface area contributed by atoms with Crippen LogP contribution in [0.15, 0.2) is 60.1 Å². The Balaban J connectivity index is 2.01. The summed E-state index contributed by atoms with van der Waals surface area (Å²) in [5.74, 6) is -6.42. The molecule has 43 heavy (non-hydrogen) atoms. The fourth-order valence-electron chi connectivity index (χ4n) is 4.91. The lowest BCUT2D eigenvalue weighted by molar-refractivity contribution is -0.414. The number of aliphatic carboxylic acids is 1. The van der Waals surface area contributed by atoms with Gasteiger partial charge < -0.3 is 64.3 Å². The molecule has 1 saturated heterocycles. The Kier molecular flexibility index (Phi) is 11.3. The molecule has 0 spiro atoms. The number of hydrogen-bond acceptors (Lipinski definition) is 14. The molecule has 3 heterocycles. The Bertz CT molecular complexity index is 1160. The summed E-state index contributed by atoms with van der Waals surface area (Å²) in [4.78, 5) is 25.9. The molecule has 15 nitrogen and oxygen atoms in total. The van der Waals surface area contributed by atoms with Gasteiger partial charge in [-0.2, -0.15) is 0 Å². The van der Waals surface area contributed by atoms with Gasteiger partial charge in [0.1, 0.15) is 29.6 Å². The zero-order valence-corrected chi connectivity index (χ0v) is 24.0. The molecule has 7 atom stereocenters. The van der Waals surface area contributed by atoms with E-state index in [1.807, 2.05) is 0 Å². The zero-order valence-electron chi connectivity index (χ0n) is 24.0. The molecule has 3 aliphatic heterocycles. The summed E-state index contributed by atoms with van der Waals surface area (Å²) >= 11 is 0. The maximum absolute atomic E-state index is 12.7.